The van der Waals surface area contributed by atoms with Gasteiger partial charge in [-0.25, -0.2) is 4.79 Å². The number of hydrogen-bond donors (Lipinski definition) is 0. The molecule has 0 aliphatic heterocycles. The molecular weight excluding hydrogens is 292 g/mol. The smallest absolute Gasteiger partial charge is 0.334 e. The number of fused-ring (bicyclic) bond motifs is 1. The number of rotatable bonds is 4. The summed E-state index contributed by atoms with van der Waals surface area (Å²) >= 11 is 0. The number of hydrogen-bond acceptors (Lipinski definition) is 4. The van der Waals surface area contributed by atoms with Crippen molar-refractivity contribution >= 4 is 11.5 Å². The van der Waals surface area contributed by atoms with Gasteiger partial charge in [-0.15, -0.1) is 0 Å². The fourth-order valence-electron chi connectivity index (χ4n) is 2.91. The summed E-state index contributed by atoms with van der Waals surface area (Å²) in [6, 6.07) is 13.5. The molecule has 0 saturated carbocycles. The Kier molecular flexibility index (Phi) is 4.06. The lowest BCUT2D eigenvalue weighted by Crippen LogP contribution is -2.06. The summed E-state index contributed by atoms with van der Waals surface area (Å²) in [5.74, 6) is 1.26. The molecule has 0 aromatic heterocycles. The summed E-state index contributed by atoms with van der Waals surface area (Å²) in [6.45, 7) is 0. The van der Waals surface area contributed by atoms with Gasteiger partial charge >= 0.3 is 5.97 Å². The predicted molar refractivity (Wildman–Crippen MR) is 87.7 cm³/mol. The van der Waals surface area contributed by atoms with Crippen LogP contribution >= 0.6 is 0 Å². The van der Waals surface area contributed by atoms with E-state index >= 15 is 0 Å². The highest BCUT2D eigenvalue weighted by Gasteiger charge is 2.28. The van der Waals surface area contributed by atoms with Gasteiger partial charge in [-0.2, -0.15) is 0 Å². The van der Waals surface area contributed by atoms with Gasteiger partial charge in [0.15, 0.2) is 0 Å². The highest BCUT2D eigenvalue weighted by molar-refractivity contribution is 6.05. The van der Waals surface area contributed by atoms with Gasteiger partial charge in [-0.05, 0) is 46.5 Å². The Hall–Kier alpha value is -2.75. The monoisotopic (exact) mass is 310 g/mol. The van der Waals surface area contributed by atoms with Gasteiger partial charge in [0.05, 0.1) is 21.3 Å². The van der Waals surface area contributed by atoms with Crippen LogP contribution in [0.2, 0.25) is 0 Å². The molecule has 0 heterocycles. The molecule has 2 aromatic carbocycles. The first-order chi connectivity index (χ1) is 11.2. The van der Waals surface area contributed by atoms with Crippen LogP contribution in [0.1, 0.15) is 16.7 Å². The SMILES string of the molecule is COC(=O)C1=C(c2ccc(OC)cc2)c2ccc(OC)cc2C1. The highest BCUT2D eigenvalue weighted by Crippen LogP contribution is 2.39. The zero-order valence-electron chi connectivity index (χ0n) is 13.4. The second-order valence-electron chi connectivity index (χ2n) is 5.27. The number of benzene rings is 2. The van der Waals surface area contributed by atoms with Crippen LogP contribution in [0.5, 0.6) is 11.5 Å². The molecule has 0 amide bonds. The van der Waals surface area contributed by atoms with E-state index in [0.717, 1.165) is 33.8 Å². The normalized spacial score (nSPS) is 12.8. The van der Waals surface area contributed by atoms with Gasteiger partial charge in [0.1, 0.15) is 11.5 Å². The Morgan fingerprint density at radius 2 is 1.57 bits per heavy atom. The molecule has 0 atom stereocenters. The fraction of sp³-hybridized carbons (Fsp3) is 0.211. The van der Waals surface area contributed by atoms with Crippen LogP contribution in [0.15, 0.2) is 48.0 Å². The van der Waals surface area contributed by atoms with Crippen LogP contribution in [0.4, 0.5) is 0 Å². The lowest BCUT2D eigenvalue weighted by Gasteiger charge is -2.10. The topological polar surface area (TPSA) is 44.8 Å². The van der Waals surface area contributed by atoms with E-state index in [4.69, 9.17) is 14.2 Å². The van der Waals surface area contributed by atoms with Gasteiger partial charge in [0.25, 0.3) is 0 Å². The Morgan fingerprint density at radius 1 is 0.913 bits per heavy atom. The molecule has 4 heteroatoms. The van der Waals surface area contributed by atoms with E-state index in [0.29, 0.717) is 12.0 Å². The number of ether oxygens (including phenoxy) is 3. The van der Waals surface area contributed by atoms with Crippen molar-refractivity contribution < 1.29 is 19.0 Å². The van der Waals surface area contributed by atoms with Crippen molar-refractivity contribution in [2.45, 2.75) is 6.42 Å². The molecule has 0 bridgehead atoms. The summed E-state index contributed by atoms with van der Waals surface area (Å²) in [6.07, 6.45) is 0.542. The fourth-order valence-corrected chi connectivity index (χ4v) is 2.91. The molecule has 1 aliphatic rings. The average molecular weight is 310 g/mol. The molecule has 0 saturated heterocycles. The van der Waals surface area contributed by atoms with Crippen molar-refractivity contribution in [1.82, 2.24) is 0 Å². The van der Waals surface area contributed by atoms with Crippen LogP contribution in [0.3, 0.4) is 0 Å². The molecular formula is C19H18O4. The largest absolute Gasteiger partial charge is 0.497 e. The van der Waals surface area contributed by atoms with Gasteiger partial charge in [-0.1, -0.05) is 18.2 Å². The first-order valence-corrected chi connectivity index (χ1v) is 7.31. The average Bonchev–Trinajstić information content (AvgIpc) is 2.99. The van der Waals surface area contributed by atoms with Gasteiger partial charge in [-0.3, -0.25) is 0 Å². The van der Waals surface area contributed by atoms with Crippen molar-refractivity contribution in [1.29, 1.82) is 0 Å². The quantitative estimate of drug-likeness (QED) is 0.813. The van der Waals surface area contributed by atoms with Crippen LogP contribution < -0.4 is 9.47 Å². The second-order valence-corrected chi connectivity index (χ2v) is 5.27. The molecule has 0 radical (unpaired) electrons. The van der Waals surface area contributed by atoms with E-state index in [1.165, 1.54) is 7.11 Å². The van der Waals surface area contributed by atoms with Gasteiger partial charge in [0, 0.05) is 12.0 Å². The number of carbonyl (C=O) groups excluding carboxylic acids is 1. The Bertz CT molecular complexity index is 772. The van der Waals surface area contributed by atoms with E-state index in [2.05, 4.69) is 0 Å². The first kappa shape index (κ1) is 15.2. The summed E-state index contributed by atoms with van der Waals surface area (Å²) in [5.41, 5.74) is 4.65. The van der Waals surface area contributed by atoms with Gasteiger partial charge < -0.3 is 14.2 Å². The van der Waals surface area contributed by atoms with E-state index < -0.39 is 0 Å². The minimum atomic E-state index is -0.300. The second kappa shape index (κ2) is 6.16. The van der Waals surface area contributed by atoms with Crippen LogP contribution in [0, 0.1) is 0 Å². The maximum atomic E-state index is 12.2. The van der Waals surface area contributed by atoms with E-state index in [-0.39, 0.29) is 5.97 Å². The lowest BCUT2D eigenvalue weighted by atomic mass is 9.97. The molecule has 0 N–H and O–H groups in total. The number of methoxy groups -OCH3 is 3. The standard InChI is InChI=1S/C19H18O4/c1-21-14-6-4-12(5-7-14)18-16-9-8-15(22-2)10-13(16)11-17(18)19(20)23-3/h4-10H,11H2,1-3H3. The third-order valence-corrected chi connectivity index (χ3v) is 4.06. The first-order valence-electron chi connectivity index (χ1n) is 7.31. The maximum absolute atomic E-state index is 12.2. The summed E-state index contributed by atoms with van der Waals surface area (Å²) in [5, 5.41) is 0. The minimum Gasteiger partial charge on any atom is -0.497 e. The molecule has 23 heavy (non-hydrogen) atoms. The molecule has 0 fully saturated rings. The molecule has 118 valence electrons. The molecule has 3 rings (SSSR count). The predicted octanol–water partition coefficient (Wildman–Crippen LogP) is 3.23. The Labute approximate surface area is 135 Å². The lowest BCUT2D eigenvalue weighted by molar-refractivity contribution is -0.136. The van der Waals surface area contributed by atoms with Crippen molar-refractivity contribution in [3.8, 4) is 11.5 Å². The van der Waals surface area contributed by atoms with Crippen molar-refractivity contribution in [3.05, 3.63) is 64.7 Å². The maximum Gasteiger partial charge on any atom is 0.334 e. The van der Waals surface area contributed by atoms with Crippen molar-refractivity contribution in [2.24, 2.45) is 0 Å². The zero-order chi connectivity index (χ0) is 16.4. The Balaban J connectivity index is 2.13. The van der Waals surface area contributed by atoms with Crippen LogP contribution in [0.25, 0.3) is 5.57 Å². The van der Waals surface area contributed by atoms with Crippen molar-refractivity contribution in [3.63, 3.8) is 0 Å². The molecule has 0 spiro atoms. The van der Waals surface area contributed by atoms with E-state index in [9.17, 15) is 4.79 Å². The summed E-state index contributed by atoms with van der Waals surface area (Å²) in [7, 11) is 4.67. The molecule has 0 unspecified atom stereocenters. The third kappa shape index (κ3) is 2.68. The highest BCUT2D eigenvalue weighted by atomic mass is 16.5. The number of carbonyl (C=O) groups is 1. The molecule has 2 aromatic rings. The summed E-state index contributed by atoms with van der Waals surface area (Å²) < 4.78 is 15.5. The van der Waals surface area contributed by atoms with Crippen LogP contribution in [-0.4, -0.2) is 27.3 Å². The van der Waals surface area contributed by atoms with Gasteiger partial charge in [0.2, 0.25) is 0 Å². The van der Waals surface area contributed by atoms with Crippen molar-refractivity contribution in [2.75, 3.05) is 21.3 Å². The molecule has 4 nitrogen and oxygen atoms in total. The van der Waals surface area contributed by atoms with E-state index in [1.807, 2.05) is 42.5 Å². The van der Waals surface area contributed by atoms with Crippen LogP contribution in [-0.2, 0) is 16.0 Å². The van der Waals surface area contributed by atoms with E-state index in [1.54, 1.807) is 14.2 Å². The minimum absolute atomic E-state index is 0.300. The summed E-state index contributed by atoms with van der Waals surface area (Å²) in [4.78, 5) is 12.2. The third-order valence-electron chi connectivity index (χ3n) is 4.06. The zero-order valence-corrected chi connectivity index (χ0v) is 13.4. The molecule has 1 aliphatic carbocycles. The number of esters is 1. The Morgan fingerprint density at radius 3 is 2.17 bits per heavy atom.